The Bertz CT molecular complexity index is 624. The minimum Gasteiger partial charge on any atom is -0.392 e. The second-order valence-corrected chi connectivity index (χ2v) is 6.87. The number of aromatic nitrogens is 1. The number of aliphatic hydroxyl groups excluding tert-OH is 1. The van der Waals surface area contributed by atoms with E-state index in [0.29, 0.717) is 6.54 Å². The molecule has 2 aromatic rings. The fraction of sp³-hybridized carbons (Fsp3) is 0.333. The van der Waals surface area contributed by atoms with Crippen molar-refractivity contribution in [3.05, 3.63) is 43.5 Å². The van der Waals surface area contributed by atoms with Crippen molar-refractivity contribution in [2.75, 3.05) is 6.54 Å². The molecule has 0 fully saturated rings. The van der Waals surface area contributed by atoms with Gasteiger partial charge >= 0.3 is 0 Å². The number of nitrogens with zero attached hydrogens (tertiary/aromatic N) is 1. The van der Waals surface area contributed by atoms with Gasteiger partial charge in [0.2, 0.25) is 5.91 Å². The smallest absolute Gasteiger partial charge is 0.244 e. The molecular weight excluding hydrogens is 304 g/mol. The van der Waals surface area contributed by atoms with Crippen LogP contribution in [-0.2, 0) is 17.8 Å². The van der Waals surface area contributed by atoms with Crippen LogP contribution in [0.3, 0.4) is 0 Å². The van der Waals surface area contributed by atoms with Gasteiger partial charge in [0.1, 0.15) is 0 Å². The van der Waals surface area contributed by atoms with Crippen LogP contribution in [0.4, 0.5) is 0 Å². The van der Waals surface area contributed by atoms with Gasteiger partial charge in [-0.05, 0) is 36.9 Å². The topological polar surface area (TPSA) is 62.2 Å². The summed E-state index contributed by atoms with van der Waals surface area (Å²) in [5, 5.41) is 14.8. The molecule has 0 bridgehead atoms. The molecule has 21 heavy (non-hydrogen) atoms. The van der Waals surface area contributed by atoms with E-state index < -0.39 is 0 Å². The predicted octanol–water partition coefficient (Wildman–Crippen LogP) is 2.69. The van der Waals surface area contributed by atoms with E-state index >= 15 is 0 Å². The third-order valence-electron chi connectivity index (χ3n) is 2.97. The van der Waals surface area contributed by atoms with Gasteiger partial charge in [-0.25, -0.2) is 4.98 Å². The van der Waals surface area contributed by atoms with Crippen LogP contribution in [0, 0.1) is 13.8 Å². The number of thiazole rings is 1. The van der Waals surface area contributed by atoms with E-state index in [0.717, 1.165) is 27.6 Å². The van der Waals surface area contributed by atoms with E-state index in [9.17, 15) is 4.79 Å². The molecule has 0 radical (unpaired) electrons. The monoisotopic (exact) mass is 322 g/mol. The van der Waals surface area contributed by atoms with Crippen molar-refractivity contribution >= 4 is 34.7 Å². The quantitative estimate of drug-likeness (QED) is 0.804. The number of carbonyl (C=O) groups is 1. The van der Waals surface area contributed by atoms with Crippen molar-refractivity contribution in [2.45, 2.75) is 26.9 Å². The lowest BCUT2D eigenvalue weighted by atomic mass is 10.3. The zero-order chi connectivity index (χ0) is 15.2. The summed E-state index contributed by atoms with van der Waals surface area (Å²) in [6, 6.07) is 1.87. The van der Waals surface area contributed by atoms with Crippen LogP contribution in [0.1, 0.15) is 26.0 Å². The van der Waals surface area contributed by atoms with Gasteiger partial charge in [-0.15, -0.1) is 22.7 Å². The molecule has 0 aliphatic heterocycles. The Balaban J connectivity index is 1.76. The third-order valence-corrected chi connectivity index (χ3v) is 5.05. The van der Waals surface area contributed by atoms with Crippen molar-refractivity contribution in [1.29, 1.82) is 0 Å². The Kier molecular flexibility index (Phi) is 5.67. The van der Waals surface area contributed by atoms with E-state index in [4.69, 9.17) is 5.11 Å². The summed E-state index contributed by atoms with van der Waals surface area (Å²) in [5.74, 6) is -0.112. The Labute approximate surface area is 132 Å². The number of hydrogen-bond donors (Lipinski definition) is 2. The molecule has 0 aliphatic carbocycles. The summed E-state index contributed by atoms with van der Waals surface area (Å²) in [5.41, 5.74) is 1.94. The molecule has 4 nitrogen and oxygen atoms in total. The molecular formula is C15H18N2O2S2. The number of amides is 1. The SMILES string of the molecule is Cc1nc(CCNC(=O)/C=C/c2cc(CO)cs2)sc1C. The van der Waals surface area contributed by atoms with Crippen molar-refractivity contribution in [3.63, 3.8) is 0 Å². The summed E-state index contributed by atoms with van der Waals surface area (Å²) >= 11 is 3.19. The van der Waals surface area contributed by atoms with E-state index in [2.05, 4.69) is 17.2 Å². The lowest BCUT2D eigenvalue weighted by molar-refractivity contribution is -0.116. The normalized spacial score (nSPS) is 11.2. The average Bonchev–Trinajstić information content (AvgIpc) is 3.04. The summed E-state index contributed by atoms with van der Waals surface area (Å²) in [7, 11) is 0. The van der Waals surface area contributed by atoms with Crippen LogP contribution >= 0.6 is 22.7 Å². The highest BCUT2D eigenvalue weighted by molar-refractivity contribution is 7.11. The highest BCUT2D eigenvalue weighted by Gasteiger charge is 2.04. The van der Waals surface area contributed by atoms with E-state index in [1.165, 1.54) is 22.3 Å². The van der Waals surface area contributed by atoms with Gasteiger partial charge in [0, 0.05) is 28.8 Å². The van der Waals surface area contributed by atoms with Gasteiger partial charge in [-0.1, -0.05) is 0 Å². The van der Waals surface area contributed by atoms with Crippen molar-refractivity contribution in [3.8, 4) is 0 Å². The molecule has 1 amide bonds. The van der Waals surface area contributed by atoms with E-state index in [-0.39, 0.29) is 12.5 Å². The van der Waals surface area contributed by atoms with Crippen LogP contribution in [0.25, 0.3) is 6.08 Å². The maximum Gasteiger partial charge on any atom is 0.244 e. The largest absolute Gasteiger partial charge is 0.392 e. The molecule has 2 aromatic heterocycles. The fourth-order valence-electron chi connectivity index (χ4n) is 1.72. The van der Waals surface area contributed by atoms with Crippen molar-refractivity contribution in [2.24, 2.45) is 0 Å². The first-order chi connectivity index (χ1) is 10.1. The molecule has 112 valence electrons. The lowest BCUT2D eigenvalue weighted by Crippen LogP contribution is -2.23. The van der Waals surface area contributed by atoms with Gasteiger partial charge in [0.05, 0.1) is 17.3 Å². The van der Waals surface area contributed by atoms with Gasteiger partial charge in [-0.3, -0.25) is 4.79 Å². The first kappa shape index (κ1) is 15.9. The molecule has 2 heterocycles. The van der Waals surface area contributed by atoms with Crippen LogP contribution in [-0.4, -0.2) is 22.5 Å². The minimum absolute atomic E-state index is 0.0309. The maximum absolute atomic E-state index is 11.7. The Morgan fingerprint density at radius 1 is 1.48 bits per heavy atom. The highest BCUT2D eigenvalue weighted by atomic mass is 32.1. The lowest BCUT2D eigenvalue weighted by Gasteiger charge is -1.99. The summed E-state index contributed by atoms with van der Waals surface area (Å²) in [6.07, 6.45) is 4.04. The number of hydrogen-bond acceptors (Lipinski definition) is 5. The van der Waals surface area contributed by atoms with Gasteiger partial charge in [0.15, 0.2) is 0 Å². The predicted molar refractivity (Wildman–Crippen MR) is 87.6 cm³/mol. The number of thiophene rings is 1. The zero-order valence-electron chi connectivity index (χ0n) is 12.0. The zero-order valence-corrected chi connectivity index (χ0v) is 13.7. The van der Waals surface area contributed by atoms with Crippen molar-refractivity contribution < 1.29 is 9.90 Å². The fourth-order valence-corrected chi connectivity index (χ4v) is 3.45. The molecule has 0 unspecified atom stereocenters. The highest BCUT2D eigenvalue weighted by Crippen LogP contribution is 2.17. The van der Waals surface area contributed by atoms with E-state index in [1.54, 1.807) is 17.4 Å². The number of nitrogens with one attached hydrogen (secondary N) is 1. The van der Waals surface area contributed by atoms with E-state index in [1.807, 2.05) is 18.4 Å². The second-order valence-electron chi connectivity index (χ2n) is 4.64. The average molecular weight is 322 g/mol. The molecule has 0 saturated heterocycles. The van der Waals surface area contributed by atoms with Crippen LogP contribution < -0.4 is 5.32 Å². The number of carbonyl (C=O) groups excluding carboxylic acids is 1. The number of aliphatic hydroxyl groups is 1. The van der Waals surface area contributed by atoms with Crippen LogP contribution in [0.15, 0.2) is 17.5 Å². The summed E-state index contributed by atoms with van der Waals surface area (Å²) in [6.45, 7) is 4.67. The van der Waals surface area contributed by atoms with Gasteiger partial charge in [0.25, 0.3) is 0 Å². The van der Waals surface area contributed by atoms with Crippen molar-refractivity contribution in [1.82, 2.24) is 10.3 Å². The molecule has 2 rings (SSSR count). The molecule has 0 saturated carbocycles. The Morgan fingerprint density at radius 2 is 2.29 bits per heavy atom. The third kappa shape index (κ3) is 4.77. The molecule has 0 spiro atoms. The maximum atomic E-state index is 11.7. The minimum atomic E-state index is -0.112. The molecule has 0 atom stereocenters. The molecule has 0 aromatic carbocycles. The van der Waals surface area contributed by atoms with Crippen LogP contribution in [0.2, 0.25) is 0 Å². The molecule has 6 heteroatoms. The Morgan fingerprint density at radius 3 is 2.90 bits per heavy atom. The number of aryl methyl sites for hydroxylation is 2. The first-order valence-corrected chi connectivity index (χ1v) is 8.35. The number of rotatable bonds is 6. The second kappa shape index (κ2) is 7.49. The van der Waals surface area contributed by atoms with Gasteiger partial charge < -0.3 is 10.4 Å². The Hall–Kier alpha value is -1.50. The standard InChI is InChI=1S/C15H18N2O2S2/c1-10-11(2)21-15(17-10)5-6-16-14(19)4-3-13-7-12(8-18)9-20-13/h3-4,7,9,18H,5-6,8H2,1-2H3,(H,16,19)/b4-3+. The van der Waals surface area contributed by atoms with Crippen LogP contribution in [0.5, 0.6) is 0 Å². The molecule has 2 N–H and O–H groups in total. The van der Waals surface area contributed by atoms with Gasteiger partial charge in [-0.2, -0.15) is 0 Å². The first-order valence-electron chi connectivity index (χ1n) is 6.65. The summed E-state index contributed by atoms with van der Waals surface area (Å²) in [4.78, 5) is 18.3. The molecule has 0 aliphatic rings. The summed E-state index contributed by atoms with van der Waals surface area (Å²) < 4.78 is 0.